The first-order chi connectivity index (χ1) is 10.2. The molecule has 106 valence electrons. The molecule has 0 saturated carbocycles. The van der Waals surface area contributed by atoms with E-state index >= 15 is 0 Å². The molecule has 1 aromatic carbocycles. The zero-order chi connectivity index (χ0) is 14.8. The van der Waals surface area contributed by atoms with Gasteiger partial charge in [-0.15, -0.1) is 0 Å². The first-order valence-corrected chi connectivity index (χ1v) is 7.47. The molecule has 1 N–H and O–H groups in total. The molecular weight excluding hydrogens is 304 g/mol. The van der Waals surface area contributed by atoms with Gasteiger partial charge in [-0.2, -0.15) is 0 Å². The minimum absolute atomic E-state index is 0.118. The summed E-state index contributed by atoms with van der Waals surface area (Å²) in [5, 5.41) is 0. The lowest BCUT2D eigenvalue weighted by Crippen LogP contribution is -2.27. The number of aromatic nitrogens is 1. The fourth-order valence-corrected chi connectivity index (χ4v) is 3.31. The molecule has 0 aliphatic carbocycles. The SMILES string of the molecule is COc1cccc(N2C(=O)/C(=C\c3ccc[nH]3)SC2=S)c1. The zero-order valence-corrected chi connectivity index (χ0v) is 12.8. The van der Waals surface area contributed by atoms with E-state index in [4.69, 9.17) is 17.0 Å². The Morgan fingerprint density at radius 2 is 2.19 bits per heavy atom. The second-order valence-corrected chi connectivity index (χ2v) is 6.02. The van der Waals surface area contributed by atoms with Gasteiger partial charge in [-0.1, -0.05) is 30.0 Å². The molecule has 0 radical (unpaired) electrons. The van der Waals surface area contributed by atoms with Crippen LogP contribution < -0.4 is 9.64 Å². The quantitative estimate of drug-likeness (QED) is 0.696. The normalized spacial score (nSPS) is 16.8. The van der Waals surface area contributed by atoms with Gasteiger partial charge in [-0.25, -0.2) is 0 Å². The Bertz CT molecular complexity index is 723. The standard InChI is InChI=1S/C15H12N2O2S2/c1-19-12-6-2-5-11(9-12)17-14(18)13(21-15(17)20)8-10-4-3-7-16-10/h2-9,16H,1H3/b13-8+. The summed E-state index contributed by atoms with van der Waals surface area (Å²) in [6, 6.07) is 11.1. The van der Waals surface area contributed by atoms with Gasteiger partial charge in [-0.05, 0) is 30.3 Å². The molecule has 0 bridgehead atoms. The number of hydrogen-bond acceptors (Lipinski definition) is 4. The third kappa shape index (κ3) is 2.72. The van der Waals surface area contributed by atoms with Gasteiger partial charge in [0.1, 0.15) is 5.75 Å². The van der Waals surface area contributed by atoms with E-state index in [1.165, 1.54) is 16.7 Å². The van der Waals surface area contributed by atoms with E-state index < -0.39 is 0 Å². The third-order valence-electron chi connectivity index (χ3n) is 3.01. The van der Waals surface area contributed by atoms with Crippen LogP contribution in [0.3, 0.4) is 0 Å². The fourth-order valence-electron chi connectivity index (χ4n) is 2.02. The number of aromatic amines is 1. The maximum Gasteiger partial charge on any atom is 0.270 e. The molecule has 1 aliphatic heterocycles. The lowest BCUT2D eigenvalue weighted by atomic mass is 10.2. The second kappa shape index (κ2) is 5.75. The summed E-state index contributed by atoms with van der Waals surface area (Å²) in [4.78, 5) is 17.7. The van der Waals surface area contributed by atoms with Crippen LogP contribution in [0.25, 0.3) is 6.08 Å². The maximum atomic E-state index is 12.5. The highest BCUT2D eigenvalue weighted by molar-refractivity contribution is 8.27. The van der Waals surface area contributed by atoms with E-state index in [2.05, 4.69) is 4.98 Å². The molecule has 2 heterocycles. The lowest BCUT2D eigenvalue weighted by molar-refractivity contribution is -0.113. The van der Waals surface area contributed by atoms with Crippen molar-refractivity contribution < 1.29 is 9.53 Å². The monoisotopic (exact) mass is 316 g/mol. The Morgan fingerprint density at radius 1 is 1.33 bits per heavy atom. The van der Waals surface area contributed by atoms with Gasteiger partial charge < -0.3 is 9.72 Å². The third-order valence-corrected chi connectivity index (χ3v) is 4.32. The topological polar surface area (TPSA) is 45.3 Å². The number of nitrogens with one attached hydrogen (secondary N) is 1. The average molecular weight is 316 g/mol. The van der Waals surface area contributed by atoms with Crippen LogP contribution in [-0.2, 0) is 4.79 Å². The minimum Gasteiger partial charge on any atom is -0.497 e. The fraction of sp³-hybridized carbons (Fsp3) is 0.0667. The highest BCUT2D eigenvalue weighted by atomic mass is 32.2. The molecule has 4 nitrogen and oxygen atoms in total. The van der Waals surface area contributed by atoms with E-state index in [0.717, 1.165) is 5.69 Å². The van der Waals surface area contributed by atoms with Crippen LogP contribution in [-0.4, -0.2) is 22.3 Å². The largest absolute Gasteiger partial charge is 0.497 e. The summed E-state index contributed by atoms with van der Waals surface area (Å²) in [5.74, 6) is 0.572. The molecule has 6 heteroatoms. The molecule has 2 aromatic rings. The maximum absolute atomic E-state index is 12.5. The number of ether oxygens (including phenoxy) is 1. The first kappa shape index (κ1) is 13.9. The predicted octanol–water partition coefficient (Wildman–Crippen LogP) is 3.43. The molecule has 0 atom stereocenters. The van der Waals surface area contributed by atoms with Gasteiger partial charge in [0.15, 0.2) is 4.32 Å². The van der Waals surface area contributed by atoms with Gasteiger partial charge in [0.05, 0.1) is 17.7 Å². The van der Waals surface area contributed by atoms with E-state index in [1.807, 2.05) is 36.5 Å². The molecule has 1 saturated heterocycles. The van der Waals surface area contributed by atoms with E-state index in [0.29, 0.717) is 20.7 Å². The number of thioether (sulfide) groups is 1. The number of amides is 1. The number of carbonyl (C=O) groups is 1. The Hall–Kier alpha value is -2.05. The van der Waals surface area contributed by atoms with Crippen LogP contribution in [0.1, 0.15) is 5.69 Å². The minimum atomic E-state index is -0.118. The molecule has 3 rings (SSSR count). The number of carbonyl (C=O) groups excluding carboxylic acids is 1. The van der Waals surface area contributed by atoms with Crippen LogP contribution in [0.5, 0.6) is 5.75 Å². The van der Waals surface area contributed by atoms with Crippen molar-refractivity contribution in [1.82, 2.24) is 4.98 Å². The number of benzene rings is 1. The summed E-state index contributed by atoms with van der Waals surface area (Å²) >= 11 is 6.62. The smallest absolute Gasteiger partial charge is 0.270 e. The summed E-state index contributed by atoms with van der Waals surface area (Å²) in [6.07, 6.45) is 3.62. The van der Waals surface area contributed by atoms with Crippen LogP contribution in [0, 0.1) is 0 Å². The second-order valence-electron chi connectivity index (χ2n) is 4.34. The number of anilines is 1. The van der Waals surface area contributed by atoms with Crippen molar-refractivity contribution in [1.29, 1.82) is 0 Å². The first-order valence-electron chi connectivity index (χ1n) is 6.24. The van der Waals surface area contributed by atoms with Crippen molar-refractivity contribution in [2.45, 2.75) is 0 Å². The van der Waals surface area contributed by atoms with Crippen molar-refractivity contribution in [3.05, 3.63) is 53.2 Å². The van der Waals surface area contributed by atoms with Crippen molar-refractivity contribution in [3.8, 4) is 5.75 Å². The molecule has 1 fully saturated rings. The molecule has 0 unspecified atom stereocenters. The zero-order valence-electron chi connectivity index (χ0n) is 11.2. The van der Waals surface area contributed by atoms with Gasteiger partial charge in [0.2, 0.25) is 0 Å². The highest BCUT2D eigenvalue weighted by Crippen LogP contribution is 2.36. The Balaban J connectivity index is 1.93. The van der Waals surface area contributed by atoms with Crippen molar-refractivity contribution in [3.63, 3.8) is 0 Å². The summed E-state index contributed by atoms with van der Waals surface area (Å²) in [5.41, 5.74) is 1.59. The molecule has 1 aliphatic rings. The Morgan fingerprint density at radius 3 is 2.90 bits per heavy atom. The molecule has 21 heavy (non-hydrogen) atoms. The number of H-pyrrole nitrogens is 1. The number of thiocarbonyl (C=S) groups is 1. The van der Waals surface area contributed by atoms with Gasteiger partial charge >= 0.3 is 0 Å². The molecule has 1 amide bonds. The van der Waals surface area contributed by atoms with E-state index in [-0.39, 0.29) is 5.91 Å². The number of hydrogen-bond donors (Lipinski definition) is 1. The summed E-state index contributed by atoms with van der Waals surface area (Å²) in [6.45, 7) is 0. The van der Waals surface area contributed by atoms with Crippen LogP contribution in [0.4, 0.5) is 5.69 Å². The number of methoxy groups -OCH3 is 1. The lowest BCUT2D eigenvalue weighted by Gasteiger charge is -2.15. The summed E-state index contributed by atoms with van der Waals surface area (Å²) in [7, 11) is 1.59. The average Bonchev–Trinajstić information content (AvgIpc) is 3.08. The van der Waals surface area contributed by atoms with Crippen LogP contribution in [0.2, 0.25) is 0 Å². The van der Waals surface area contributed by atoms with Gasteiger partial charge in [-0.3, -0.25) is 9.69 Å². The number of nitrogens with zero attached hydrogens (tertiary/aromatic N) is 1. The van der Waals surface area contributed by atoms with Crippen LogP contribution in [0.15, 0.2) is 47.5 Å². The predicted molar refractivity (Wildman–Crippen MR) is 89.4 cm³/mol. The highest BCUT2D eigenvalue weighted by Gasteiger charge is 2.33. The van der Waals surface area contributed by atoms with Gasteiger partial charge in [0, 0.05) is 18.0 Å². The van der Waals surface area contributed by atoms with Crippen molar-refractivity contribution in [2.75, 3.05) is 12.0 Å². The Labute approximate surface area is 131 Å². The molecule has 0 spiro atoms. The molecule has 1 aromatic heterocycles. The van der Waals surface area contributed by atoms with Gasteiger partial charge in [0.25, 0.3) is 5.91 Å². The van der Waals surface area contributed by atoms with Crippen molar-refractivity contribution in [2.24, 2.45) is 0 Å². The Kier molecular flexibility index (Phi) is 3.81. The van der Waals surface area contributed by atoms with E-state index in [1.54, 1.807) is 19.3 Å². The number of rotatable bonds is 3. The van der Waals surface area contributed by atoms with Crippen LogP contribution >= 0.6 is 24.0 Å². The summed E-state index contributed by atoms with van der Waals surface area (Å²) < 4.78 is 5.71. The van der Waals surface area contributed by atoms with E-state index in [9.17, 15) is 4.79 Å². The molecular formula is C15H12N2O2S2. The van der Waals surface area contributed by atoms with Crippen molar-refractivity contribution >= 4 is 46.0 Å².